The minimum absolute atomic E-state index is 0.399. The predicted molar refractivity (Wildman–Crippen MR) is 86.7 cm³/mol. The number of hydrogen-bond donors (Lipinski definition) is 1. The molecule has 0 fully saturated rings. The van der Waals surface area contributed by atoms with Gasteiger partial charge >= 0.3 is 0 Å². The fourth-order valence-corrected chi connectivity index (χ4v) is 2.54. The van der Waals surface area contributed by atoms with Crippen molar-refractivity contribution in [3.05, 3.63) is 64.8 Å². The second kappa shape index (κ2) is 5.62. The van der Waals surface area contributed by atoms with Crippen molar-refractivity contribution in [3.8, 4) is 5.75 Å². The lowest BCUT2D eigenvalue weighted by Crippen LogP contribution is -1.99. The molecule has 0 spiro atoms. The maximum absolute atomic E-state index is 6.18. The van der Waals surface area contributed by atoms with Gasteiger partial charge in [-0.1, -0.05) is 23.7 Å². The first-order valence-electron chi connectivity index (χ1n) is 6.66. The third-order valence-electron chi connectivity index (χ3n) is 3.36. The van der Waals surface area contributed by atoms with E-state index < -0.39 is 0 Å². The van der Waals surface area contributed by atoms with Gasteiger partial charge in [0.15, 0.2) is 0 Å². The fourth-order valence-electron chi connectivity index (χ4n) is 2.25. The van der Waals surface area contributed by atoms with E-state index >= 15 is 0 Å². The van der Waals surface area contributed by atoms with Crippen LogP contribution in [-0.2, 0) is 6.61 Å². The van der Waals surface area contributed by atoms with Crippen LogP contribution < -0.4 is 10.5 Å². The lowest BCUT2D eigenvalue weighted by molar-refractivity contribution is 0.307. The van der Waals surface area contributed by atoms with Gasteiger partial charge in [-0.05, 0) is 42.8 Å². The number of nitrogen functional groups attached to an aromatic ring is 1. The Morgan fingerprint density at radius 1 is 1.19 bits per heavy atom. The van der Waals surface area contributed by atoms with Gasteiger partial charge in [-0.15, -0.1) is 0 Å². The van der Waals surface area contributed by atoms with Gasteiger partial charge in [-0.3, -0.25) is 4.98 Å². The van der Waals surface area contributed by atoms with Crippen LogP contribution in [0.4, 0.5) is 5.69 Å². The molecule has 1 aromatic heterocycles. The van der Waals surface area contributed by atoms with E-state index in [4.69, 9.17) is 22.1 Å². The summed E-state index contributed by atoms with van der Waals surface area (Å²) in [4.78, 5) is 4.40. The Balaban J connectivity index is 1.90. The zero-order valence-corrected chi connectivity index (χ0v) is 12.4. The Morgan fingerprint density at radius 2 is 2.05 bits per heavy atom. The number of aryl methyl sites for hydroxylation is 1. The second-order valence-electron chi connectivity index (χ2n) is 4.94. The third-order valence-corrected chi connectivity index (χ3v) is 3.65. The maximum Gasteiger partial charge on any atom is 0.138 e. The molecule has 2 aromatic carbocycles. The molecule has 0 aliphatic rings. The van der Waals surface area contributed by atoms with Crippen LogP contribution in [0.5, 0.6) is 5.75 Å². The van der Waals surface area contributed by atoms with E-state index in [9.17, 15) is 0 Å². The number of nitrogens with zero attached hydrogens (tertiary/aromatic N) is 1. The summed E-state index contributed by atoms with van der Waals surface area (Å²) in [6, 6.07) is 13.4. The lowest BCUT2D eigenvalue weighted by Gasteiger charge is -2.11. The van der Waals surface area contributed by atoms with Crippen LogP contribution in [0, 0.1) is 6.92 Å². The highest BCUT2D eigenvalue weighted by Crippen LogP contribution is 2.28. The lowest BCUT2D eigenvalue weighted by atomic mass is 10.1. The van der Waals surface area contributed by atoms with Crippen LogP contribution in [0.2, 0.25) is 5.02 Å². The van der Waals surface area contributed by atoms with E-state index in [-0.39, 0.29) is 0 Å². The van der Waals surface area contributed by atoms with Gasteiger partial charge in [0.05, 0.1) is 10.5 Å². The number of pyridine rings is 1. The van der Waals surface area contributed by atoms with Crippen molar-refractivity contribution in [2.45, 2.75) is 13.5 Å². The predicted octanol–water partition coefficient (Wildman–Crippen LogP) is 4.36. The number of halogens is 1. The van der Waals surface area contributed by atoms with Crippen molar-refractivity contribution in [1.82, 2.24) is 4.98 Å². The highest BCUT2D eigenvalue weighted by molar-refractivity contribution is 6.32. The smallest absolute Gasteiger partial charge is 0.138 e. The monoisotopic (exact) mass is 298 g/mol. The molecular weight excluding hydrogens is 284 g/mol. The molecule has 0 bridgehead atoms. The number of anilines is 1. The molecule has 0 saturated carbocycles. The molecule has 21 heavy (non-hydrogen) atoms. The van der Waals surface area contributed by atoms with Crippen LogP contribution in [0.3, 0.4) is 0 Å². The highest BCUT2D eigenvalue weighted by atomic mass is 35.5. The van der Waals surface area contributed by atoms with Crippen molar-refractivity contribution in [1.29, 1.82) is 0 Å². The average molecular weight is 299 g/mol. The Kier molecular flexibility index (Phi) is 3.67. The first-order valence-corrected chi connectivity index (χ1v) is 7.04. The van der Waals surface area contributed by atoms with Crippen molar-refractivity contribution in [2.24, 2.45) is 0 Å². The van der Waals surface area contributed by atoms with E-state index in [1.807, 2.05) is 49.4 Å². The maximum atomic E-state index is 6.18. The molecule has 3 rings (SSSR count). The first-order chi connectivity index (χ1) is 10.1. The van der Waals surface area contributed by atoms with Gasteiger partial charge in [0, 0.05) is 22.8 Å². The second-order valence-corrected chi connectivity index (χ2v) is 5.34. The molecular formula is C17H15ClN2O. The summed E-state index contributed by atoms with van der Waals surface area (Å²) >= 11 is 6.18. The topological polar surface area (TPSA) is 48.1 Å². The van der Waals surface area contributed by atoms with E-state index in [2.05, 4.69) is 4.98 Å². The van der Waals surface area contributed by atoms with E-state index in [0.29, 0.717) is 17.4 Å². The number of hydrogen-bond acceptors (Lipinski definition) is 3. The molecule has 3 nitrogen and oxygen atoms in total. The van der Waals surface area contributed by atoms with E-state index in [1.54, 1.807) is 6.20 Å². The number of aromatic nitrogens is 1. The minimum atomic E-state index is 0.399. The average Bonchev–Trinajstić information content (AvgIpc) is 2.48. The Labute approximate surface area is 128 Å². The van der Waals surface area contributed by atoms with Crippen molar-refractivity contribution >= 4 is 28.2 Å². The zero-order chi connectivity index (χ0) is 14.8. The standard InChI is InChI=1S/C17H15ClN2O/c1-11-4-7-16(14(18)9-11)21-10-12-5-6-15(19)13-3-2-8-20-17(12)13/h2-9H,10,19H2,1H3. The molecule has 0 radical (unpaired) electrons. The highest BCUT2D eigenvalue weighted by Gasteiger charge is 2.07. The number of nitrogens with two attached hydrogens (primary N) is 1. The van der Waals surface area contributed by atoms with Crippen LogP contribution >= 0.6 is 11.6 Å². The Bertz CT molecular complexity index is 802. The molecule has 2 N–H and O–H groups in total. The summed E-state index contributed by atoms with van der Waals surface area (Å²) in [7, 11) is 0. The van der Waals surface area contributed by atoms with Gasteiger partial charge in [0.2, 0.25) is 0 Å². The van der Waals surface area contributed by atoms with Crippen LogP contribution in [0.15, 0.2) is 48.7 Å². The van der Waals surface area contributed by atoms with E-state index in [1.165, 1.54) is 0 Å². The molecule has 0 unspecified atom stereocenters. The fraction of sp³-hybridized carbons (Fsp3) is 0.118. The molecule has 0 saturated heterocycles. The molecule has 1 heterocycles. The summed E-state index contributed by atoms with van der Waals surface area (Å²) in [5.41, 5.74) is 9.64. The quantitative estimate of drug-likeness (QED) is 0.731. The number of rotatable bonds is 3. The third kappa shape index (κ3) is 2.78. The molecule has 0 aliphatic heterocycles. The minimum Gasteiger partial charge on any atom is -0.487 e. The molecule has 106 valence electrons. The normalized spacial score (nSPS) is 10.8. The van der Waals surface area contributed by atoms with Gasteiger partial charge < -0.3 is 10.5 Å². The summed E-state index contributed by atoms with van der Waals surface area (Å²) in [6.07, 6.45) is 1.75. The zero-order valence-electron chi connectivity index (χ0n) is 11.6. The number of fused-ring (bicyclic) bond motifs is 1. The summed E-state index contributed by atoms with van der Waals surface area (Å²) in [5, 5.41) is 1.55. The Hall–Kier alpha value is -2.26. The SMILES string of the molecule is Cc1ccc(OCc2ccc(N)c3cccnc23)c(Cl)c1. The molecule has 0 atom stereocenters. The number of benzene rings is 2. The largest absolute Gasteiger partial charge is 0.487 e. The van der Waals surface area contributed by atoms with Crippen LogP contribution in [-0.4, -0.2) is 4.98 Å². The van der Waals surface area contributed by atoms with Crippen LogP contribution in [0.25, 0.3) is 10.9 Å². The summed E-state index contributed by atoms with van der Waals surface area (Å²) in [5.74, 6) is 0.670. The van der Waals surface area contributed by atoms with Crippen LogP contribution in [0.1, 0.15) is 11.1 Å². The van der Waals surface area contributed by atoms with Gasteiger partial charge in [-0.2, -0.15) is 0 Å². The van der Waals surface area contributed by atoms with Crippen molar-refractivity contribution < 1.29 is 4.74 Å². The Morgan fingerprint density at radius 3 is 2.86 bits per heavy atom. The van der Waals surface area contributed by atoms with E-state index in [0.717, 1.165) is 27.7 Å². The van der Waals surface area contributed by atoms with Gasteiger partial charge in [0.25, 0.3) is 0 Å². The first kappa shape index (κ1) is 13.7. The number of ether oxygens (including phenoxy) is 1. The molecule has 4 heteroatoms. The van der Waals surface area contributed by atoms with Crippen molar-refractivity contribution in [3.63, 3.8) is 0 Å². The summed E-state index contributed by atoms with van der Waals surface area (Å²) < 4.78 is 5.81. The summed E-state index contributed by atoms with van der Waals surface area (Å²) in [6.45, 7) is 2.39. The molecule has 0 aliphatic carbocycles. The van der Waals surface area contributed by atoms with Gasteiger partial charge in [0.1, 0.15) is 12.4 Å². The molecule has 0 amide bonds. The van der Waals surface area contributed by atoms with Gasteiger partial charge in [-0.25, -0.2) is 0 Å². The molecule has 3 aromatic rings. The van der Waals surface area contributed by atoms with Crippen molar-refractivity contribution in [2.75, 3.05) is 5.73 Å².